The quantitative estimate of drug-likeness (QED) is 0.644. The Labute approximate surface area is 174 Å². The summed E-state index contributed by atoms with van der Waals surface area (Å²) < 4.78 is 6.39. The lowest BCUT2D eigenvalue weighted by atomic mass is 9.79. The van der Waals surface area contributed by atoms with Gasteiger partial charge in [0.2, 0.25) is 5.91 Å². The molecule has 3 rings (SSSR count). The van der Waals surface area contributed by atoms with Crippen molar-refractivity contribution >= 4 is 39.3 Å². The van der Waals surface area contributed by atoms with E-state index in [2.05, 4.69) is 10.6 Å². The van der Waals surface area contributed by atoms with Gasteiger partial charge in [0.1, 0.15) is 0 Å². The molecular weight excluding hydrogens is 390 g/mol. The fraction of sp³-hybridized carbons (Fsp3) is 0.524. The second-order valence-corrected chi connectivity index (χ2v) is 8.31. The first-order chi connectivity index (χ1) is 14.1. The summed E-state index contributed by atoms with van der Waals surface area (Å²) in [7, 11) is 0. The van der Waals surface area contributed by atoms with Crippen molar-refractivity contribution in [3.63, 3.8) is 0 Å². The summed E-state index contributed by atoms with van der Waals surface area (Å²) in [5, 5.41) is 6.11. The van der Waals surface area contributed by atoms with Crippen LogP contribution in [0.5, 0.6) is 0 Å². The number of carbonyl (C=O) groups is 3. The summed E-state index contributed by atoms with van der Waals surface area (Å²) >= 11 is 1.62. The third-order valence-electron chi connectivity index (χ3n) is 5.06. The van der Waals surface area contributed by atoms with Crippen LogP contribution in [0.1, 0.15) is 50.0 Å². The highest BCUT2D eigenvalue weighted by Crippen LogP contribution is 2.41. The van der Waals surface area contributed by atoms with Gasteiger partial charge in [-0.3, -0.25) is 14.4 Å². The van der Waals surface area contributed by atoms with E-state index in [0.29, 0.717) is 6.54 Å². The topological polar surface area (TPSA) is 97.4 Å². The minimum Gasteiger partial charge on any atom is -0.455 e. The number of amides is 2. The van der Waals surface area contributed by atoms with Gasteiger partial charge in [0.25, 0.3) is 5.91 Å². The minimum atomic E-state index is -0.475. The molecule has 2 aromatic rings. The molecule has 8 heteroatoms. The lowest BCUT2D eigenvalue weighted by Crippen LogP contribution is -2.39. The summed E-state index contributed by atoms with van der Waals surface area (Å²) in [4.78, 5) is 40.8. The molecule has 1 heterocycles. The van der Waals surface area contributed by atoms with Crippen LogP contribution < -0.4 is 10.6 Å². The first-order valence-corrected chi connectivity index (χ1v) is 11.0. The van der Waals surface area contributed by atoms with Crippen molar-refractivity contribution in [2.75, 3.05) is 19.7 Å². The van der Waals surface area contributed by atoms with Crippen LogP contribution in [0.2, 0.25) is 0 Å². The molecule has 1 aromatic carbocycles. The Bertz CT molecular complexity index is 833. The summed E-state index contributed by atoms with van der Waals surface area (Å²) in [6.07, 6.45) is 4.47. The fourth-order valence-corrected chi connectivity index (χ4v) is 4.73. The molecule has 1 aliphatic rings. The van der Waals surface area contributed by atoms with Crippen LogP contribution in [-0.2, 0) is 19.1 Å². The monoisotopic (exact) mass is 417 g/mol. The third-order valence-corrected chi connectivity index (χ3v) is 6.23. The molecular formula is C21H27N3O4S. The number of rotatable bonds is 8. The average Bonchev–Trinajstić information content (AvgIpc) is 3.18. The predicted octanol–water partition coefficient (Wildman–Crippen LogP) is 2.76. The number of benzene rings is 1. The predicted molar refractivity (Wildman–Crippen MR) is 112 cm³/mol. The number of ether oxygens (including phenoxy) is 1. The molecule has 0 spiro atoms. The fourth-order valence-electron chi connectivity index (χ4n) is 3.56. The molecule has 29 heavy (non-hydrogen) atoms. The van der Waals surface area contributed by atoms with Crippen LogP contribution in [-0.4, -0.2) is 42.5 Å². The van der Waals surface area contributed by atoms with Gasteiger partial charge in [0.05, 0.1) is 27.7 Å². The lowest BCUT2D eigenvalue weighted by molar-refractivity contribution is -0.154. The van der Waals surface area contributed by atoms with Crippen molar-refractivity contribution < 1.29 is 19.1 Å². The van der Waals surface area contributed by atoms with E-state index in [9.17, 15) is 14.4 Å². The number of fused-ring (bicyclic) bond motifs is 1. The van der Waals surface area contributed by atoms with E-state index in [1.54, 1.807) is 11.3 Å². The summed E-state index contributed by atoms with van der Waals surface area (Å²) in [5.41, 5.74) is 0.950. The van der Waals surface area contributed by atoms with Crippen molar-refractivity contribution in [1.29, 1.82) is 0 Å². The summed E-state index contributed by atoms with van der Waals surface area (Å²) in [6.45, 7) is 2.03. The van der Waals surface area contributed by atoms with Crippen LogP contribution >= 0.6 is 11.3 Å². The molecule has 0 unspecified atom stereocenters. The normalized spacial score (nSPS) is 18.9. The highest BCUT2D eigenvalue weighted by Gasteiger charge is 2.35. The zero-order valence-electron chi connectivity index (χ0n) is 16.6. The minimum absolute atomic E-state index is 0.0246. The van der Waals surface area contributed by atoms with E-state index < -0.39 is 5.91 Å². The number of hydrogen-bond acceptors (Lipinski definition) is 6. The molecule has 0 aliphatic heterocycles. The molecule has 1 aromatic heterocycles. The Morgan fingerprint density at radius 3 is 2.72 bits per heavy atom. The van der Waals surface area contributed by atoms with Gasteiger partial charge in [-0.05, 0) is 31.4 Å². The van der Waals surface area contributed by atoms with E-state index in [0.717, 1.165) is 47.3 Å². The molecule has 0 saturated heterocycles. The number of nitrogens with zero attached hydrogens (tertiary/aromatic N) is 1. The van der Waals surface area contributed by atoms with Crippen molar-refractivity contribution in [3.8, 4) is 0 Å². The molecule has 2 amide bonds. The maximum Gasteiger partial charge on any atom is 0.310 e. The van der Waals surface area contributed by atoms with E-state index in [1.165, 1.54) is 0 Å². The van der Waals surface area contributed by atoms with Crippen LogP contribution in [0, 0.1) is 5.92 Å². The van der Waals surface area contributed by atoms with Gasteiger partial charge in [-0.25, -0.2) is 4.98 Å². The zero-order chi connectivity index (χ0) is 20.6. The Morgan fingerprint density at radius 2 is 1.93 bits per heavy atom. The highest BCUT2D eigenvalue weighted by atomic mass is 32.1. The summed E-state index contributed by atoms with van der Waals surface area (Å²) in [5.74, 6) is -1.35. The second kappa shape index (κ2) is 10.3. The van der Waals surface area contributed by atoms with Gasteiger partial charge >= 0.3 is 5.97 Å². The maximum absolute atomic E-state index is 12.7. The number of aromatic nitrogens is 1. The largest absolute Gasteiger partial charge is 0.455 e. The standard InChI is InChI=1S/C21H27N3O4S/c1-2-11-22-18(25)12-23-19(26)13-28-21(27)15-8-4-3-7-14(15)20-24-16-9-5-6-10-17(16)29-20/h5-6,9-10,14-15H,2-4,7-8,11-13H2,1H3,(H,22,25)(H,23,26)/t14-,15-/m1/s1. The van der Waals surface area contributed by atoms with Gasteiger partial charge < -0.3 is 15.4 Å². The third kappa shape index (κ3) is 5.76. The first-order valence-electron chi connectivity index (χ1n) is 10.1. The number of nitrogens with one attached hydrogen (secondary N) is 2. The lowest BCUT2D eigenvalue weighted by Gasteiger charge is -2.28. The number of carbonyl (C=O) groups excluding carboxylic acids is 3. The smallest absolute Gasteiger partial charge is 0.310 e. The molecule has 1 saturated carbocycles. The Morgan fingerprint density at radius 1 is 1.14 bits per heavy atom. The number of esters is 1. The van der Waals surface area contributed by atoms with Gasteiger partial charge in [0, 0.05) is 12.5 Å². The van der Waals surface area contributed by atoms with Crippen molar-refractivity contribution in [2.45, 2.75) is 44.9 Å². The van der Waals surface area contributed by atoms with Gasteiger partial charge in [-0.15, -0.1) is 11.3 Å². The Hall–Kier alpha value is -2.48. The first kappa shape index (κ1) is 21.2. The Kier molecular flexibility index (Phi) is 7.57. The van der Waals surface area contributed by atoms with E-state index in [-0.39, 0.29) is 36.9 Å². The van der Waals surface area contributed by atoms with Crippen molar-refractivity contribution in [1.82, 2.24) is 15.6 Å². The van der Waals surface area contributed by atoms with E-state index >= 15 is 0 Å². The van der Waals surface area contributed by atoms with Gasteiger partial charge in [0.15, 0.2) is 6.61 Å². The number of para-hydroxylation sites is 1. The molecule has 7 nitrogen and oxygen atoms in total. The molecule has 2 atom stereocenters. The van der Waals surface area contributed by atoms with Gasteiger partial charge in [-0.2, -0.15) is 0 Å². The molecule has 1 fully saturated rings. The molecule has 0 bridgehead atoms. The van der Waals surface area contributed by atoms with Crippen LogP contribution in [0.25, 0.3) is 10.2 Å². The maximum atomic E-state index is 12.7. The number of thiazole rings is 1. The van der Waals surface area contributed by atoms with Crippen molar-refractivity contribution in [2.24, 2.45) is 5.92 Å². The number of hydrogen-bond donors (Lipinski definition) is 2. The van der Waals surface area contributed by atoms with Crippen LogP contribution in [0.3, 0.4) is 0 Å². The molecule has 1 aliphatic carbocycles. The second-order valence-electron chi connectivity index (χ2n) is 7.25. The van der Waals surface area contributed by atoms with Crippen LogP contribution in [0.4, 0.5) is 0 Å². The van der Waals surface area contributed by atoms with E-state index in [4.69, 9.17) is 9.72 Å². The van der Waals surface area contributed by atoms with E-state index in [1.807, 2.05) is 31.2 Å². The Balaban J connectivity index is 1.54. The van der Waals surface area contributed by atoms with Crippen LogP contribution in [0.15, 0.2) is 24.3 Å². The summed E-state index contributed by atoms with van der Waals surface area (Å²) in [6, 6.07) is 7.96. The van der Waals surface area contributed by atoms with Gasteiger partial charge in [-0.1, -0.05) is 31.9 Å². The van der Waals surface area contributed by atoms with Crippen molar-refractivity contribution in [3.05, 3.63) is 29.3 Å². The molecule has 156 valence electrons. The molecule has 0 radical (unpaired) electrons. The molecule has 2 N–H and O–H groups in total. The average molecular weight is 418 g/mol. The highest BCUT2D eigenvalue weighted by molar-refractivity contribution is 7.18. The SMILES string of the molecule is CCCNC(=O)CNC(=O)COC(=O)[C@@H]1CCCC[C@H]1c1nc2ccccc2s1. The zero-order valence-corrected chi connectivity index (χ0v) is 17.4.